The van der Waals surface area contributed by atoms with Gasteiger partial charge in [0.2, 0.25) is 5.91 Å². The van der Waals surface area contributed by atoms with Crippen molar-refractivity contribution >= 4 is 5.91 Å². The quantitative estimate of drug-likeness (QED) is 0.720. The molecule has 0 aliphatic rings. The lowest BCUT2D eigenvalue weighted by molar-refractivity contribution is -0.127. The SMILES string of the molecule is O=C(COC(c1ccccc1)c1ccccc1)NCc1ccccn1. The lowest BCUT2D eigenvalue weighted by Crippen LogP contribution is -2.28. The van der Waals surface area contributed by atoms with Gasteiger partial charge >= 0.3 is 0 Å². The Morgan fingerprint density at radius 1 is 0.880 bits per heavy atom. The minimum absolute atomic E-state index is 0.0126. The standard InChI is InChI=1S/C21H20N2O2/c24-20(23-15-19-13-7-8-14-22-19)16-25-21(17-9-3-1-4-10-17)18-11-5-2-6-12-18/h1-14,21H,15-16H2,(H,23,24). The molecule has 0 spiro atoms. The number of pyridine rings is 1. The number of hydrogen-bond donors (Lipinski definition) is 1. The number of nitrogens with one attached hydrogen (secondary N) is 1. The summed E-state index contributed by atoms with van der Waals surface area (Å²) < 4.78 is 5.93. The minimum atomic E-state index is -0.275. The highest BCUT2D eigenvalue weighted by Gasteiger charge is 2.16. The molecule has 2 aromatic carbocycles. The minimum Gasteiger partial charge on any atom is -0.359 e. The van der Waals surface area contributed by atoms with E-state index >= 15 is 0 Å². The van der Waals surface area contributed by atoms with Crippen molar-refractivity contribution in [2.24, 2.45) is 0 Å². The van der Waals surface area contributed by atoms with E-state index in [9.17, 15) is 4.79 Å². The Balaban J connectivity index is 1.62. The molecule has 4 nitrogen and oxygen atoms in total. The summed E-state index contributed by atoms with van der Waals surface area (Å²) in [7, 11) is 0. The van der Waals surface area contributed by atoms with Crippen molar-refractivity contribution in [3.63, 3.8) is 0 Å². The number of rotatable bonds is 7. The van der Waals surface area contributed by atoms with E-state index in [1.165, 1.54) is 0 Å². The Hall–Kier alpha value is -2.98. The van der Waals surface area contributed by atoms with Crippen LogP contribution in [0.3, 0.4) is 0 Å². The molecule has 3 rings (SSSR count). The van der Waals surface area contributed by atoms with Gasteiger partial charge < -0.3 is 10.1 Å². The van der Waals surface area contributed by atoms with Crippen molar-refractivity contribution in [3.8, 4) is 0 Å². The zero-order valence-corrected chi connectivity index (χ0v) is 13.8. The van der Waals surface area contributed by atoms with Gasteiger partial charge in [-0.3, -0.25) is 9.78 Å². The lowest BCUT2D eigenvalue weighted by Gasteiger charge is -2.18. The van der Waals surface area contributed by atoms with Crippen molar-refractivity contribution in [2.45, 2.75) is 12.6 Å². The molecular weight excluding hydrogens is 312 g/mol. The molecule has 0 unspecified atom stereocenters. The van der Waals surface area contributed by atoms with E-state index in [0.29, 0.717) is 6.54 Å². The van der Waals surface area contributed by atoms with Crippen molar-refractivity contribution in [1.82, 2.24) is 10.3 Å². The van der Waals surface area contributed by atoms with Crippen LogP contribution in [-0.4, -0.2) is 17.5 Å². The summed E-state index contributed by atoms with van der Waals surface area (Å²) in [4.78, 5) is 16.3. The Bertz CT molecular complexity index is 737. The predicted molar refractivity (Wildman–Crippen MR) is 96.8 cm³/mol. The highest BCUT2D eigenvalue weighted by molar-refractivity contribution is 5.77. The second-order valence-electron chi connectivity index (χ2n) is 5.61. The first kappa shape index (κ1) is 16.9. The van der Waals surface area contributed by atoms with Crippen molar-refractivity contribution in [2.75, 3.05) is 6.61 Å². The molecule has 4 heteroatoms. The number of hydrogen-bond acceptors (Lipinski definition) is 3. The summed E-state index contributed by atoms with van der Waals surface area (Å²) >= 11 is 0. The van der Waals surface area contributed by atoms with E-state index in [2.05, 4.69) is 10.3 Å². The van der Waals surface area contributed by atoms with Gasteiger partial charge in [-0.25, -0.2) is 0 Å². The number of ether oxygens (including phenoxy) is 1. The van der Waals surface area contributed by atoms with Crippen LogP contribution in [0.25, 0.3) is 0 Å². The summed E-state index contributed by atoms with van der Waals surface area (Å²) in [5, 5.41) is 2.83. The van der Waals surface area contributed by atoms with Crippen LogP contribution in [-0.2, 0) is 16.1 Å². The fourth-order valence-electron chi connectivity index (χ4n) is 2.54. The van der Waals surface area contributed by atoms with Crippen LogP contribution >= 0.6 is 0 Å². The second kappa shape index (κ2) is 8.76. The number of amides is 1. The van der Waals surface area contributed by atoms with Gasteiger partial charge in [0.05, 0.1) is 12.2 Å². The number of carbonyl (C=O) groups excluding carboxylic acids is 1. The molecular formula is C21H20N2O2. The third kappa shape index (κ3) is 4.99. The van der Waals surface area contributed by atoms with Gasteiger partial charge in [-0.1, -0.05) is 66.7 Å². The first-order chi connectivity index (χ1) is 12.3. The zero-order valence-electron chi connectivity index (χ0n) is 13.8. The Morgan fingerprint density at radius 3 is 2.04 bits per heavy atom. The molecule has 0 aliphatic heterocycles. The molecule has 0 saturated heterocycles. The lowest BCUT2D eigenvalue weighted by atomic mass is 10.0. The van der Waals surface area contributed by atoms with Gasteiger partial charge in [-0.2, -0.15) is 0 Å². The van der Waals surface area contributed by atoms with Gasteiger partial charge in [-0.05, 0) is 23.3 Å². The molecule has 0 atom stereocenters. The molecule has 25 heavy (non-hydrogen) atoms. The fraction of sp³-hybridized carbons (Fsp3) is 0.143. The van der Waals surface area contributed by atoms with Crippen molar-refractivity contribution in [3.05, 3.63) is 102 Å². The van der Waals surface area contributed by atoms with E-state index in [4.69, 9.17) is 4.74 Å². The molecule has 0 bridgehead atoms. The third-order valence-corrected chi connectivity index (χ3v) is 3.78. The first-order valence-corrected chi connectivity index (χ1v) is 8.21. The Morgan fingerprint density at radius 2 is 1.48 bits per heavy atom. The van der Waals surface area contributed by atoms with Crippen LogP contribution in [0, 0.1) is 0 Å². The molecule has 0 radical (unpaired) electrons. The average Bonchev–Trinajstić information content (AvgIpc) is 2.69. The third-order valence-electron chi connectivity index (χ3n) is 3.78. The van der Waals surface area contributed by atoms with Gasteiger partial charge in [0.15, 0.2) is 0 Å². The van der Waals surface area contributed by atoms with Crippen LogP contribution in [0.2, 0.25) is 0 Å². The number of benzene rings is 2. The molecule has 1 N–H and O–H groups in total. The van der Waals surface area contributed by atoms with Crippen molar-refractivity contribution < 1.29 is 9.53 Å². The highest BCUT2D eigenvalue weighted by atomic mass is 16.5. The maximum atomic E-state index is 12.1. The number of nitrogens with zero attached hydrogens (tertiary/aromatic N) is 1. The van der Waals surface area contributed by atoms with Crippen LogP contribution in [0.1, 0.15) is 22.9 Å². The van der Waals surface area contributed by atoms with Gasteiger partial charge in [0.1, 0.15) is 12.7 Å². The zero-order chi connectivity index (χ0) is 17.3. The normalized spacial score (nSPS) is 10.6. The summed E-state index contributed by atoms with van der Waals surface area (Å²) in [6.07, 6.45) is 1.43. The van der Waals surface area contributed by atoms with Crippen molar-refractivity contribution in [1.29, 1.82) is 0 Å². The predicted octanol–water partition coefficient (Wildman–Crippen LogP) is 3.50. The maximum absolute atomic E-state index is 12.1. The Kier molecular flexibility index (Phi) is 5.91. The monoisotopic (exact) mass is 332 g/mol. The van der Waals surface area contributed by atoms with E-state index in [0.717, 1.165) is 16.8 Å². The largest absolute Gasteiger partial charge is 0.359 e. The van der Waals surface area contributed by atoms with E-state index in [1.54, 1.807) is 6.20 Å². The molecule has 1 amide bonds. The van der Waals surface area contributed by atoms with E-state index in [1.807, 2.05) is 78.9 Å². The summed E-state index contributed by atoms with van der Waals surface area (Å²) in [6, 6.07) is 25.4. The van der Waals surface area contributed by atoms with Crippen LogP contribution < -0.4 is 5.32 Å². The number of aromatic nitrogens is 1. The summed E-state index contributed by atoms with van der Waals surface area (Å²) in [5.41, 5.74) is 2.86. The van der Waals surface area contributed by atoms with Gasteiger partial charge in [-0.15, -0.1) is 0 Å². The average molecular weight is 332 g/mol. The molecule has 1 aromatic heterocycles. The van der Waals surface area contributed by atoms with Gasteiger partial charge in [0.25, 0.3) is 0 Å². The molecule has 0 fully saturated rings. The Labute approximate surface area is 147 Å². The van der Waals surface area contributed by atoms with E-state index in [-0.39, 0.29) is 18.6 Å². The molecule has 0 aliphatic carbocycles. The molecule has 1 heterocycles. The van der Waals surface area contributed by atoms with E-state index < -0.39 is 0 Å². The topological polar surface area (TPSA) is 51.2 Å². The number of carbonyl (C=O) groups is 1. The van der Waals surface area contributed by atoms with Crippen LogP contribution in [0.5, 0.6) is 0 Å². The summed E-state index contributed by atoms with van der Waals surface area (Å²) in [6.45, 7) is 0.381. The fourth-order valence-corrected chi connectivity index (χ4v) is 2.54. The van der Waals surface area contributed by atoms with Gasteiger partial charge in [0, 0.05) is 6.20 Å². The van der Waals surface area contributed by atoms with Crippen LogP contribution in [0.4, 0.5) is 0 Å². The van der Waals surface area contributed by atoms with Crippen LogP contribution in [0.15, 0.2) is 85.1 Å². The maximum Gasteiger partial charge on any atom is 0.246 e. The first-order valence-electron chi connectivity index (χ1n) is 8.21. The smallest absolute Gasteiger partial charge is 0.246 e. The molecule has 126 valence electrons. The highest BCUT2D eigenvalue weighted by Crippen LogP contribution is 2.25. The summed E-state index contributed by atoms with van der Waals surface area (Å²) in [5.74, 6) is -0.164. The second-order valence-corrected chi connectivity index (χ2v) is 5.61. The molecule has 3 aromatic rings. The molecule has 0 saturated carbocycles.